The zero-order chi connectivity index (χ0) is 85.3. The third kappa shape index (κ3) is 10.6. The number of allylic oxidation sites excluding steroid dienone is 8. The lowest BCUT2D eigenvalue weighted by atomic mass is 9.94. The highest BCUT2D eigenvalue weighted by Crippen LogP contribution is 2.46. The minimum atomic E-state index is -2.96. The number of rotatable bonds is 6. The first-order chi connectivity index (χ1) is 57.1. The van der Waals surface area contributed by atoms with Crippen LogP contribution in [0, 0.1) is 185 Å². The molecule has 2 N–H and O–H groups in total. The lowest BCUT2D eigenvalue weighted by molar-refractivity contribution is 0.376. The highest BCUT2D eigenvalue weighted by atomic mass is 19.2. The minimum absolute atomic E-state index is 0.470. The Morgan fingerprint density at radius 1 is 0.200 bits per heavy atom. The quantitative estimate of drug-likeness (QED) is 0.0944. The van der Waals surface area contributed by atoms with Crippen molar-refractivity contribution in [2.24, 2.45) is 20.0 Å². The molecule has 0 unspecified atom stereocenters. The number of nitrogens with one attached hydrogen (secondary N) is 2. The zero-order valence-corrected chi connectivity index (χ0v) is 57.6. The van der Waals surface area contributed by atoms with Crippen LogP contribution in [0.1, 0.15) is 56.2 Å². The van der Waals surface area contributed by atoms with Gasteiger partial charge in [-0.05, 0) is 85.0 Å². The fourth-order valence-electron chi connectivity index (χ4n) is 15.1. The molecule has 0 amide bonds. The fraction of sp³-hybridized carbons (Fsp3) is 0. The van der Waals surface area contributed by atoms with Crippen molar-refractivity contribution in [3.8, 4) is 0 Å². The van der Waals surface area contributed by atoms with Crippen LogP contribution in [0.5, 0.6) is 0 Å². The molecule has 10 heterocycles. The lowest BCUT2D eigenvalue weighted by Gasteiger charge is -2.15. The lowest BCUT2D eigenvalue weighted by Crippen LogP contribution is -2.25. The molecule has 600 valence electrons. The van der Waals surface area contributed by atoms with Gasteiger partial charge in [0.15, 0.2) is 140 Å². The molecule has 0 atom stereocenters. The fourth-order valence-corrected chi connectivity index (χ4v) is 15.1. The molecule has 0 spiro atoms. The summed E-state index contributed by atoms with van der Waals surface area (Å²) in [6, 6.07) is 10.1. The predicted molar refractivity (Wildman–Crippen MR) is 366 cm³/mol. The van der Waals surface area contributed by atoms with Crippen LogP contribution in [0.4, 0.5) is 132 Å². The van der Waals surface area contributed by atoms with Crippen LogP contribution in [0.15, 0.2) is 164 Å². The molecule has 6 aliphatic rings. The molecule has 4 aromatic heterocycles. The molecule has 12 aromatic rings. The van der Waals surface area contributed by atoms with Gasteiger partial charge in [0.05, 0.1) is 89.3 Å². The maximum absolute atomic E-state index is 18.0. The van der Waals surface area contributed by atoms with Crippen molar-refractivity contribution in [1.29, 1.82) is 0 Å². The van der Waals surface area contributed by atoms with Gasteiger partial charge >= 0.3 is 0 Å². The van der Waals surface area contributed by atoms with Crippen LogP contribution in [-0.2, 0) is 0 Å². The summed E-state index contributed by atoms with van der Waals surface area (Å²) in [7, 11) is 0. The number of aromatic nitrogens is 4. The van der Waals surface area contributed by atoms with Crippen LogP contribution in [0.2, 0.25) is 0 Å². The van der Waals surface area contributed by atoms with E-state index in [1.807, 2.05) is 0 Å². The highest BCUT2D eigenvalue weighted by molar-refractivity contribution is 6.33. The summed E-state index contributed by atoms with van der Waals surface area (Å²) in [6.45, 7) is 0. The van der Waals surface area contributed by atoms with E-state index in [0.717, 1.165) is 48.5 Å². The van der Waals surface area contributed by atoms with E-state index in [4.69, 9.17) is 0 Å². The molecule has 0 aliphatic carbocycles. The first-order valence-electron chi connectivity index (χ1n) is 33.7. The number of hydrogen-bond acceptors (Lipinski definition) is 4. The van der Waals surface area contributed by atoms with Crippen molar-refractivity contribution in [2.45, 2.75) is 0 Å². The van der Waals surface area contributed by atoms with Crippen molar-refractivity contribution >= 4 is 78.3 Å². The molecule has 16 bridgehead atoms. The number of hydrogen-bond donors (Lipinski definition) is 2. The number of fused-ring (bicyclic) bond motifs is 20. The van der Waals surface area contributed by atoms with Crippen molar-refractivity contribution in [3.63, 3.8) is 0 Å². The third-order valence-corrected chi connectivity index (χ3v) is 20.2. The van der Waals surface area contributed by atoms with Gasteiger partial charge in [0.1, 0.15) is 11.7 Å². The Bertz CT molecular complexity index is 7020. The Hall–Kier alpha value is -14.4. The van der Waals surface area contributed by atoms with Crippen LogP contribution < -0.4 is 10.4 Å². The molecule has 0 saturated heterocycles. The molecule has 0 radical (unpaired) electrons. The Labute approximate surface area is 643 Å². The standard InChI is InChI=1S/C82H22F30N8/c83-51-45(52(84)64(96)75(107)63(51)95)39-23-9-11-27(113-23)41(47-55(87)67(99)77(109)68(100)56(47)88)29-17-19-35(117-29)119-33-7-3-1-5-21(33)37(43(31-15-13-25(39)115-31)49-59(91)71(103)79(111)72(104)60(49)92)81(119)82-38-22-6-2-4-8-34(22)120(82)36-20-18-30(118-36)42(48-57(89)69(101)78(110)70(102)58(48)90)28-12-10-24(114-28)40(46-53(85)65(97)76(108)66(98)54(46)86)26-14-16-32(116-26)44(38)50-61(93)73(105)80(112)74(106)62(50)94/h1-20,113-114H/b39-25?,40-26?,41-29?,42-30?,43-37?,44-38?,82-81-. The van der Waals surface area contributed by atoms with Gasteiger partial charge in [-0.1, -0.05) is 36.4 Å². The van der Waals surface area contributed by atoms with E-state index in [1.54, 1.807) is 0 Å². The summed E-state index contributed by atoms with van der Waals surface area (Å²) < 4.78 is 496. The van der Waals surface area contributed by atoms with Crippen molar-refractivity contribution in [1.82, 2.24) is 19.1 Å². The third-order valence-electron chi connectivity index (χ3n) is 20.2. The van der Waals surface area contributed by atoms with Crippen LogP contribution >= 0.6 is 0 Å². The highest BCUT2D eigenvalue weighted by Gasteiger charge is 2.42. The second kappa shape index (κ2) is 27.1. The Balaban J connectivity index is 1.21. The molecule has 120 heavy (non-hydrogen) atoms. The van der Waals surface area contributed by atoms with Crippen LogP contribution in [-0.4, -0.2) is 42.2 Å². The molecular weight excluding hydrogens is 1670 g/mol. The van der Waals surface area contributed by atoms with Gasteiger partial charge in [-0.25, -0.2) is 152 Å². The second-order valence-corrected chi connectivity index (χ2v) is 26.5. The summed E-state index contributed by atoms with van der Waals surface area (Å²) in [5.41, 5.74) is -34.9. The van der Waals surface area contributed by atoms with E-state index in [0.29, 0.717) is 82.0 Å². The largest absolute Gasteiger partial charge is 0.354 e. The predicted octanol–water partition coefficient (Wildman–Crippen LogP) is 20.2. The molecule has 38 heteroatoms. The summed E-state index contributed by atoms with van der Waals surface area (Å²) in [4.78, 5) is 22.2. The summed E-state index contributed by atoms with van der Waals surface area (Å²) in [6.07, 6.45) is 4.55. The number of aromatic amines is 2. The van der Waals surface area contributed by atoms with Crippen molar-refractivity contribution in [3.05, 3.63) is 396 Å². The number of benzene rings is 8. The van der Waals surface area contributed by atoms with E-state index in [2.05, 4.69) is 29.9 Å². The topological polar surface area (TPSA) is 90.9 Å². The first kappa shape index (κ1) is 76.9. The van der Waals surface area contributed by atoms with Gasteiger partial charge in [0.2, 0.25) is 34.9 Å². The minimum Gasteiger partial charge on any atom is -0.354 e. The van der Waals surface area contributed by atoms with Crippen LogP contribution in [0.25, 0.3) is 55.2 Å². The van der Waals surface area contributed by atoms with Gasteiger partial charge in [-0.15, -0.1) is 0 Å². The van der Waals surface area contributed by atoms with Crippen LogP contribution in [0.3, 0.4) is 0 Å². The SMILES string of the molecule is Fc1c(F)c(F)c(C2=C3C=CC(=N3)C(c3c(F)c(F)c(F)c(F)c3F)=c3/c(=c4\c5c6ccccc6n4C4=NC(=C(c6c(F)c(F)c(F)c(F)c6F)c6ccc([nH]6)C(c6c(F)c(F)c(F)c(F)c6F)=C6C=CC(=N6)C=5c5c(F)c(F)c(F)c(F)c5F)C=C4)n(c4ccccc34)C3=NC(=C(c4c(F)c(F)c(F)c(F)c4F)c4ccc2[nH]4)C=C3)c(F)c1F. The van der Waals surface area contributed by atoms with E-state index in [1.165, 1.54) is 0 Å². The maximum Gasteiger partial charge on any atom is 0.200 e. The summed E-state index contributed by atoms with van der Waals surface area (Å²) in [5.74, 6) is -86.8. The Kier molecular flexibility index (Phi) is 17.4. The van der Waals surface area contributed by atoms with E-state index in [9.17, 15) is 0 Å². The number of halogens is 30. The number of aliphatic imine (C=N–C) groups is 4. The molecule has 8 nitrogen and oxygen atoms in total. The average molecular weight is 1690 g/mol. The van der Waals surface area contributed by atoms with E-state index >= 15 is 132 Å². The van der Waals surface area contributed by atoms with Crippen molar-refractivity contribution in [2.75, 3.05) is 0 Å². The Morgan fingerprint density at radius 3 is 0.642 bits per heavy atom. The van der Waals surface area contributed by atoms with Crippen molar-refractivity contribution < 1.29 is 132 Å². The molecule has 0 saturated carbocycles. The monoisotopic (exact) mass is 1690 g/mol. The number of para-hydroxylation sites is 2. The van der Waals surface area contributed by atoms with Gasteiger partial charge in [0.25, 0.3) is 0 Å². The van der Waals surface area contributed by atoms with E-state index in [-0.39, 0.29) is 0 Å². The van der Waals surface area contributed by atoms with Gasteiger partial charge in [-0.2, -0.15) is 0 Å². The number of H-pyrrole nitrogens is 2. The molecule has 18 rings (SSSR count). The molecule has 6 aliphatic heterocycles. The Morgan fingerprint density at radius 2 is 0.400 bits per heavy atom. The zero-order valence-electron chi connectivity index (χ0n) is 57.6. The second-order valence-electron chi connectivity index (χ2n) is 26.5. The summed E-state index contributed by atoms with van der Waals surface area (Å²) >= 11 is 0. The molecule has 8 aromatic carbocycles. The number of nitrogens with zero attached hydrogens (tertiary/aromatic N) is 6. The van der Waals surface area contributed by atoms with Gasteiger partial charge < -0.3 is 9.97 Å². The smallest absolute Gasteiger partial charge is 0.200 e. The van der Waals surface area contributed by atoms with E-state index < -0.39 is 353 Å². The normalized spacial score (nSPS) is 15.3. The summed E-state index contributed by atoms with van der Waals surface area (Å²) in [5, 5.41) is -6.73. The average Bonchev–Trinajstić information content (AvgIpc) is 1.53. The van der Waals surface area contributed by atoms with Gasteiger partial charge in [-0.3, -0.25) is 9.13 Å². The molecule has 0 fully saturated rings. The first-order valence-corrected chi connectivity index (χ1v) is 33.7. The maximum atomic E-state index is 18.0. The van der Waals surface area contributed by atoms with Gasteiger partial charge in [0, 0.05) is 77.4 Å². The molecular formula is C82H22F30N8.